The van der Waals surface area contributed by atoms with Gasteiger partial charge in [-0.2, -0.15) is 0 Å². The molecule has 0 aliphatic carbocycles. The van der Waals surface area contributed by atoms with Crippen LogP contribution in [0.1, 0.15) is 0 Å². The molecule has 0 bridgehead atoms. The van der Waals surface area contributed by atoms with Gasteiger partial charge in [0.2, 0.25) is 11.1 Å². The number of fused-ring (bicyclic) bond motifs is 1. The van der Waals surface area contributed by atoms with E-state index in [0.717, 1.165) is 4.47 Å². The van der Waals surface area contributed by atoms with Crippen LogP contribution in [0.15, 0.2) is 34.0 Å². The van der Waals surface area contributed by atoms with Gasteiger partial charge in [0.25, 0.3) is 0 Å². The zero-order valence-corrected chi connectivity index (χ0v) is 8.75. The van der Waals surface area contributed by atoms with Gasteiger partial charge in [0.05, 0.1) is 6.20 Å². The van der Waals surface area contributed by atoms with E-state index in [9.17, 15) is 4.21 Å². The average molecular weight is 261 g/mol. The first-order valence-electron chi connectivity index (χ1n) is 3.42. The number of pyridine rings is 1. The Bertz CT molecular complexity index is 482. The number of hydrogen-bond acceptors (Lipinski definition) is 2. The van der Waals surface area contributed by atoms with Crippen molar-refractivity contribution in [3.8, 4) is 0 Å². The van der Waals surface area contributed by atoms with Crippen LogP contribution in [0.5, 0.6) is 0 Å². The zero-order chi connectivity index (χ0) is 9.42. The summed E-state index contributed by atoms with van der Waals surface area (Å²) in [6.07, 6.45) is 3.09. The molecule has 1 N–H and O–H groups in total. The van der Waals surface area contributed by atoms with Gasteiger partial charge in [-0.3, -0.25) is 4.40 Å². The molecule has 6 heteroatoms. The number of nitrogens with zero attached hydrogens (tertiary/aromatic N) is 2. The minimum atomic E-state index is -2.00. The lowest BCUT2D eigenvalue weighted by atomic mass is 10.5. The third-order valence-electron chi connectivity index (χ3n) is 1.61. The normalized spacial score (nSPS) is 13.4. The van der Waals surface area contributed by atoms with Crippen molar-refractivity contribution < 1.29 is 8.76 Å². The highest BCUT2D eigenvalue weighted by Gasteiger charge is 2.07. The summed E-state index contributed by atoms with van der Waals surface area (Å²) in [4.78, 5) is 3.97. The third kappa shape index (κ3) is 1.52. The van der Waals surface area contributed by atoms with E-state index in [-0.39, 0.29) is 5.03 Å². The molecule has 2 rings (SSSR count). The fraction of sp³-hybridized carbons (Fsp3) is 0. The van der Waals surface area contributed by atoms with E-state index in [2.05, 4.69) is 20.9 Å². The van der Waals surface area contributed by atoms with Gasteiger partial charge in [-0.25, -0.2) is 9.19 Å². The van der Waals surface area contributed by atoms with Crippen molar-refractivity contribution in [2.24, 2.45) is 0 Å². The maximum atomic E-state index is 10.8. The predicted octanol–water partition coefficient (Wildman–Crippen LogP) is 1.68. The lowest BCUT2D eigenvalue weighted by Crippen LogP contribution is -1.94. The minimum Gasteiger partial charge on any atom is -0.301 e. The summed E-state index contributed by atoms with van der Waals surface area (Å²) in [5.41, 5.74) is 0.653. The van der Waals surface area contributed by atoms with Crippen LogP contribution in [-0.2, 0) is 11.1 Å². The Balaban J connectivity index is 2.79. The van der Waals surface area contributed by atoms with E-state index in [1.54, 1.807) is 16.7 Å². The zero-order valence-electron chi connectivity index (χ0n) is 6.35. The molecule has 0 amide bonds. The average Bonchev–Trinajstić information content (AvgIpc) is 2.46. The van der Waals surface area contributed by atoms with Gasteiger partial charge >= 0.3 is 0 Å². The molecule has 0 spiro atoms. The Morgan fingerprint density at radius 1 is 1.54 bits per heavy atom. The first kappa shape index (κ1) is 8.86. The van der Waals surface area contributed by atoms with E-state index < -0.39 is 11.1 Å². The van der Waals surface area contributed by atoms with Gasteiger partial charge in [-0.1, -0.05) is 0 Å². The lowest BCUT2D eigenvalue weighted by Gasteiger charge is -1.96. The summed E-state index contributed by atoms with van der Waals surface area (Å²) in [6, 6.07) is 3.59. The molecule has 0 fully saturated rings. The molecule has 68 valence electrons. The molecule has 2 aromatic rings. The highest BCUT2D eigenvalue weighted by atomic mass is 79.9. The first-order valence-corrected chi connectivity index (χ1v) is 5.32. The number of rotatable bonds is 1. The number of halogens is 1. The van der Waals surface area contributed by atoms with Crippen LogP contribution >= 0.6 is 15.9 Å². The minimum absolute atomic E-state index is 0.274. The molecule has 0 aliphatic heterocycles. The highest BCUT2D eigenvalue weighted by molar-refractivity contribution is 9.10. The van der Waals surface area contributed by atoms with Crippen LogP contribution in [0.2, 0.25) is 0 Å². The molecule has 0 saturated heterocycles. The molecule has 4 nitrogen and oxygen atoms in total. The van der Waals surface area contributed by atoms with Gasteiger partial charge in [0.15, 0.2) is 5.03 Å². The Morgan fingerprint density at radius 3 is 3.00 bits per heavy atom. The predicted molar refractivity (Wildman–Crippen MR) is 51.9 cm³/mol. The molecule has 1 unspecified atom stereocenters. The number of imidazole rings is 1. The van der Waals surface area contributed by atoms with Crippen molar-refractivity contribution in [3.63, 3.8) is 0 Å². The fourth-order valence-electron chi connectivity index (χ4n) is 1.06. The van der Waals surface area contributed by atoms with Crippen LogP contribution in [0.4, 0.5) is 0 Å². The second-order valence-electron chi connectivity index (χ2n) is 2.42. The largest absolute Gasteiger partial charge is 0.301 e. The molecule has 2 aromatic heterocycles. The smallest absolute Gasteiger partial charge is 0.205 e. The second kappa shape index (κ2) is 3.21. The molecular formula is C7H5BrN2O2S. The summed E-state index contributed by atoms with van der Waals surface area (Å²) < 4.78 is 22.1. The van der Waals surface area contributed by atoms with E-state index in [4.69, 9.17) is 4.55 Å². The maximum absolute atomic E-state index is 10.8. The third-order valence-corrected chi connectivity index (χ3v) is 2.74. The molecule has 0 aromatic carbocycles. The van der Waals surface area contributed by atoms with Crippen molar-refractivity contribution in [3.05, 3.63) is 29.0 Å². The van der Waals surface area contributed by atoms with Crippen LogP contribution in [0.3, 0.4) is 0 Å². The maximum Gasteiger partial charge on any atom is 0.205 e. The lowest BCUT2D eigenvalue weighted by molar-refractivity contribution is 0.559. The summed E-state index contributed by atoms with van der Waals surface area (Å²) in [6.45, 7) is 0. The molecule has 2 heterocycles. The first-order chi connectivity index (χ1) is 6.18. The monoisotopic (exact) mass is 260 g/mol. The van der Waals surface area contributed by atoms with Gasteiger partial charge in [-0.15, -0.1) is 0 Å². The topological polar surface area (TPSA) is 54.6 Å². The summed E-state index contributed by atoms with van der Waals surface area (Å²) in [5, 5.41) is 0.274. The highest BCUT2D eigenvalue weighted by Crippen LogP contribution is 2.14. The SMILES string of the molecule is O=S(O)c1cnc2ccc(Br)cn12. The molecular weight excluding hydrogens is 256 g/mol. The van der Waals surface area contributed by atoms with E-state index >= 15 is 0 Å². The number of hydrogen-bond donors (Lipinski definition) is 1. The second-order valence-corrected chi connectivity index (χ2v) is 4.25. The van der Waals surface area contributed by atoms with Crippen LogP contribution < -0.4 is 0 Å². The van der Waals surface area contributed by atoms with Crippen molar-refractivity contribution in [1.29, 1.82) is 0 Å². The van der Waals surface area contributed by atoms with Crippen molar-refractivity contribution >= 4 is 32.7 Å². The van der Waals surface area contributed by atoms with E-state index in [0.29, 0.717) is 5.65 Å². The van der Waals surface area contributed by atoms with Gasteiger partial charge in [0, 0.05) is 10.7 Å². The Labute approximate surface area is 85.0 Å². The van der Waals surface area contributed by atoms with Gasteiger partial charge in [-0.05, 0) is 28.1 Å². The molecule has 13 heavy (non-hydrogen) atoms. The molecule has 1 atom stereocenters. The van der Waals surface area contributed by atoms with E-state index in [1.165, 1.54) is 6.20 Å². The Kier molecular flexibility index (Phi) is 2.19. The Morgan fingerprint density at radius 2 is 2.31 bits per heavy atom. The van der Waals surface area contributed by atoms with Crippen LogP contribution in [0.25, 0.3) is 5.65 Å². The quantitative estimate of drug-likeness (QED) is 0.794. The van der Waals surface area contributed by atoms with Crippen molar-refractivity contribution in [2.45, 2.75) is 5.03 Å². The standard InChI is InChI=1S/C7H5BrN2O2S/c8-5-1-2-6-9-3-7(13(11)12)10(6)4-5/h1-4H,(H,11,12). The van der Waals surface area contributed by atoms with Crippen LogP contribution in [0, 0.1) is 0 Å². The summed E-state index contributed by atoms with van der Waals surface area (Å²) >= 11 is 1.27. The van der Waals surface area contributed by atoms with Gasteiger partial charge in [0.1, 0.15) is 5.65 Å². The van der Waals surface area contributed by atoms with Crippen LogP contribution in [-0.4, -0.2) is 18.1 Å². The number of aromatic nitrogens is 2. The molecule has 0 aliphatic rings. The fourth-order valence-corrected chi connectivity index (χ4v) is 1.86. The summed E-state index contributed by atoms with van der Waals surface area (Å²) in [5.74, 6) is 0. The van der Waals surface area contributed by atoms with Crippen molar-refractivity contribution in [1.82, 2.24) is 9.38 Å². The van der Waals surface area contributed by atoms with Gasteiger partial charge < -0.3 is 4.55 Å². The molecule has 0 radical (unpaired) electrons. The Hall–Kier alpha value is -0.720. The summed E-state index contributed by atoms with van der Waals surface area (Å²) in [7, 11) is 0. The van der Waals surface area contributed by atoms with Crippen molar-refractivity contribution in [2.75, 3.05) is 0 Å². The van der Waals surface area contributed by atoms with E-state index in [1.807, 2.05) is 6.07 Å². The molecule has 0 saturated carbocycles.